The molecule has 1 fully saturated rings. The molecule has 0 saturated heterocycles. The minimum atomic E-state index is -0.745. The van der Waals surface area contributed by atoms with E-state index < -0.39 is 35.0 Å². The summed E-state index contributed by atoms with van der Waals surface area (Å²) < 4.78 is 11.5. The second kappa shape index (κ2) is 9.41. The Kier molecular flexibility index (Phi) is 7.56. The van der Waals surface area contributed by atoms with Gasteiger partial charge in [-0.05, 0) is 65.4 Å². The quantitative estimate of drug-likeness (QED) is 0.722. The van der Waals surface area contributed by atoms with Gasteiger partial charge >= 0.3 is 11.9 Å². The molecule has 0 radical (unpaired) electrons. The third-order valence-corrected chi connectivity index (χ3v) is 5.50. The van der Waals surface area contributed by atoms with E-state index in [2.05, 4.69) is 5.32 Å². The summed E-state index contributed by atoms with van der Waals surface area (Å²) >= 11 is 0. The summed E-state index contributed by atoms with van der Waals surface area (Å²) in [5.74, 6) is -3.06. The van der Waals surface area contributed by atoms with Crippen LogP contribution in [0.4, 0.5) is 0 Å². The second-order valence-electron chi connectivity index (χ2n) is 10.5. The van der Waals surface area contributed by atoms with Crippen molar-refractivity contribution in [3.63, 3.8) is 0 Å². The Morgan fingerprint density at radius 2 is 1.35 bits per heavy atom. The van der Waals surface area contributed by atoms with Crippen LogP contribution in [0.1, 0.15) is 73.3 Å². The molecule has 172 valence electrons. The smallest absolute Gasteiger partial charge is 0.310 e. The van der Waals surface area contributed by atoms with Crippen LogP contribution in [0.2, 0.25) is 0 Å². The van der Waals surface area contributed by atoms with Gasteiger partial charge in [-0.1, -0.05) is 37.3 Å². The highest BCUT2D eigenvalue weighted by Crippen LogP contribution is 2.46. The first kappa shape index (κ1) is 24.9. The molecule has 1 aromatic carbocycles. The van der Waals surface area contributed by atoms with E-state index in [0.29, 0.717) is 6.42 Å². The first-order chi connectivity index (χ1) is 14.2. The molecule has 1 aromatic rings. The molecule has 6 nitrogen and oxygen atoms in total. The van der Waals surface area contributed by atoms with Gasteiger partial charge in [-0.3, -0.25) is 14.4 Å². The van der Waals surface area contributed by atoms with E-state index in [1.165, 1.54) is 6.92 Å². The van der Waals surface area contributed by atoms with Crippen LogP contribution in [-0.2, 0) is 23.9 Å². The van der Waals surface area contributed by atoms with E-state index in [9.17, 15) is 14.4 Å². The van der Waals surface area contributed by atoms with E-state index in [0.717, 1.165) is 5.56 Å². The van der Waals surface area contributed by atoms with Crippen molar-refractivity contribution >= 4 is 17.8 Å². The fourth-order valence-corrected chi connectivity index (χ4v) is 4.37. The highest BCUT2D eigenvalue weighted by molar-refractivity contribution is 5.84. The van der Waals surface area contributed by atoms with Gasteiger partial charge in [0.15, 0.2) is 0 Å². The zero-order valence-corrected chi connectivity index (χ0v) is 20.0. The van der Waals surface area contributed by atoms with E-state index in [1.807, 2.05) is 58.0 Å². The van der Waals surface area contributed by atoms with E-state index in [4.69, 9.17) is 9.47 Å². The maximum absolute atomic E-state index is 13.4. The lowest BCUT2D eigenvalue weighted by Gasteiger charge is -2.45. The Hall–Kier alpha value is -2.37. The van der Waals surface area contributed by atoms with E-state index >= 15 is 0 Å². The highest BCUT2D eigenvalue weighted by Gasteiger charge is 2.52. The largest absolute Gasteiger partial charge is 0.460 e. The average Bonchev–Trinajstić information content (AvgIpc) is 2.60. The molecule has 1 amide bonds. The molecule has 1 N–H and O–H groups in total. The van der Waals surface area contributed by atoms with Gasteiger partial charge in [-0.25, -0.2) is 0 Å². The van der Waals surface area contributed by atoms with E-state index in [-0.39, 0.29) is 23.8 Å². The number of hydrogen-bond donors (Lipinski definition) is 1. The van der Waals surface area contributed by atoms with Crippen LogP contribution in [0.3, 0.4) is 0 Å². The minimum Gasteiger partial charge on any atom is -0.460 e. The van der Waals surface area contributed by atoms with Crippen LogP contribution in [0, 0.1) is 17.8 Å². The lowest BCUT2D eigenvalue weighted by Crippen LogP contribution is -2.54. The topological polar surface area (TPSA) is 81.7 Å². The molecular weight excluding hydrogens is 394 g/mol. The SMILES string of the molecule is CC(=O)N[C@H]1C[C@@H](c2ccccc2)[C@@H](C(=O)OC(C)(C)C)[C@@H](C(=O)OC(C)(C)C)[C@H]1C. The van der Waals surface area contributed by atoms with Crippen molar-refractivity contribution < 1.29 is 23.9 Å². The Bertz CT molecular complexity index is 790. The lowest BCUT2D eigenvalue weighted by molar-refractivity contribution is -0.179. The first-order valence-electron chi connectivity index (χ1n) is 11.0. The zero-order chi connectivity index (χ0) is 23.6. The van der Waals surface area contributed by atoms with Crippen LogP contribution in [-0.4, -0.2) is 35.1 Å². The molecule has 6 heteroatoms. The normalized spacial score (nSPS) is 26.6. The van der Waals surface area contributed by atoms with Gasteiger partial charge in [0.05, 0.1) is 11.8 Å². The van der Waals surface area contributed by atoms with Crippen molar-refractivity contribution in [1.29, 1.82) is 0 Å². The second-order valence-corrected chi connectivity index (χ2v) is 10.5. The van der Waals surface area contributed by atoms with Gasteiger partial charge in [0, 0.05) is 13.0 Å². The monoisotopic (exact) mass is 431 g/mol. The van der Waals surface area contributed by atoms with Crippen LogP contribution >= 0.6 is 0 Å². The highest BCUT2D eigenvalue weighted by atomic mass is 16.6. The van der Waals surface area contributed by atoms with Crippen molar-refractivity contribution in [3.8, 4) is 0 Å². The van der Waals surface area contributed by atoms with Gasteiger partial charge < -0.3 is 14.8 Å². The number of amides is 1. The van der Waals surface area contributed by atoms with E-state index in [1.54, 1.807) is 20.8 Å². The number of esters is 2. The van der Waals surface area contributed by atoms with Crippen molar-refractivity contribution in [2.75, 3.05) is 0 Å². The fourth-order valence-electron chi connectivity index (χ4n) is 4.37. The molecule has 0 bridgehead atoms. The summed E-state index contributed by atoms with van der Waals surface area (Å²) in [6.45, 7) is 14.2. The van der Waals surface area contributed by atoms with Gasteiger partial charge in [-0.2, -0.15) is 0 Å². The van der Waals surface area contributed by atoms with Crippen molar-refractivity contribution in [3.05, 3.63) is 35.9 Å². The zero-order valence-electron chi connectivity index (χ0n) is 20.0. The first-order valence-corrected chi connectivity index (χ1v) is 11.0. The Morgan fingerprint density at radius 1 is 0.871 bits per heavy atom. The molecular formula is C25H37NO5. The standard InChI is InChI=1S/C25H37NO5/c1-15-19(26-16(2)27)14-18(17-12-10-9-11-13-17)21(23(29)31-25(6,7)8)20(15)22(28)30-24(3,4)5/h9-13,15,18-21H,14H2,1-8H3,(H,26,27)/t15-,18-,19-,20-,21+/m0/s1. The summed E-state index contributed by atoms with van der Waals surface area (Å²) in [4.78, 5) is 38.7. The third-order valence-electron chi connectivity index (χ3n) is 5.50. The molecule has 5 atom stereocenters. The Balaban J connectivity index is 2.57. The van der Waals surface area contributed by atoms with Crippen LogP contribution in [0.15, 0.2) is 30.3 Å². The van der Waals surface area contributed by atoms with Crippen LogP contribution < -0.4 is 5.32 Å². The van der Waals surface area contributed by atoms with Crippen molar-refractivity contribution in [2.24, 2.45) is 17.8 Å². The Morgan fingerprint density at radius 3 is 1.81 bits per heavy atom. The number of nitrogens with one attached hydrogen (secondary N) is 1. The van der Waals surface area contributed by atoms with Crippen LogP contribution in [0.5, 0.6) is 0 Å². The summed E-state index contributed by atoms with van der Waals surface area (Å²) in [5, 5.41) is 2.99. The molecule has 0 unspecified atom stereocenters. The summed E-state index contributed by atoms with van der Waals surface area (Å²) in [5.41, 5.74) is -0.443. The Labute approximate surface area is 186 Å². The van der Waals surface area contributed by atoms with Gasteiger partial charge in [0.2, 0.25) is 5.91 Å². The molecule has 2 rings (SSSR count). The van der Waals surface area contributed by atoms with Crippen LogP contribution in [0.25, 0.3) is 0 Å². The summed E-state index contributed by atoms with van der Waals surface area (Å²) in [6, 6.07) is 9.38. The lowest BCUT2D eigenvalue weighted by atomic mass is 9.62. The predicted octanol–water partition coefficient (Wildman–Crippen LogP) is 4.23. The number of hydrogen-bond acceptors (Lipinski definition) is 5. The summed E-state index contributed by atoms with van der Waals surface area (Å²) in [6.07, 6.45) is 0.536. The maximum Gasteiger partial charge on any atom is 0.310 e. The fraction of sp³-hybridized carbons (Fsp3) is 0.640. The number of benzene rings is 1. The third kappa shape index (κ3) is 6.81. The maximum atomic E-state index is 13.4. The molecule has 0 heterocycles. The average molecular weight is 432 g/mol. The van der Waals surface area contributed by atoms with Crippen molar-refractivity contribution in [1.82, 2.24) is 5.32 Å². The molecule has 31 heavy (non-hydrogen) atoms. The molecule has 1 aliphatic rings. The molecule has 0 aromatic heterocycles. The molecule has 0 aliphatic heterocycles. The number of ether oxygens (including phenoxy) is 2. The molecule has 0 spiro atoms. The number of carbonyl (C=O) groups excluding carboxylic acids is 3. The van der Waals surface area contributed by atoms with Gasteiger partial charge in [0.25, 0.3) is 0 Å². The predicted molar refractivity (Wildman–Crippen MR) is 119 cm³/mol. The minimum absolute atomic E-state index is 0.165. The van der Waals surface area contributed by atoms with Gasteiger partial charge in [-0.15, -0.1) is 0 Å². The van der Waals surface area contributed by atoms with Gasteiger partial charge in [0.1, 0.15) is 11.2 Å². The molecule has 1 aliphatic carbocycles. The van der Waals surface area contributed by atoms with Crippen molar-refractivity contribution in [2.45, 2.75) is 85.0 Å². The number of carbonyl (C=O) groups is 3. The number of rotatable bonds is 4. The summed E-state index contributed by atoms with van der Waals surface area (Å²) in [7, 11) is 0. The molecule has 1 saturated carbocycles.